The van der Waals surface area contributed by atoms with Gasteiger partial charge >= 0.3 is 0 Å². The van der Waals surface area contributed by atoms with Gasteiger partial charge in [-0.2, -0.15) is 0 Å². The number of rotatable bonds is 0. The molecule has 0 spiro atoms. The molecule has 1 rings (SSSR count). The Kier molecular flexibility index (Phi) is 7.04. The molecule has 53 valence electrons. The number of hydrogen-bond donors (Lipinski definition) is 2. The molecule has 0 saturated heterocycles. The van der Waals surface area contributed by atoms with Crippen LogP contribution in [0.25, 0.3) is 0 Å². The molecule has 0 aliphatic carbocycles. The Balaban J connectivity index is 0. The van der Waals surface area contributed by atoms with Crippen LogP contribution in [0.2, 0.25) is 0 Å². The normalized spacial score (nSPS) is 7.20. The molecule has 0 saturated carbocycles. The van der Waals surface area contributed by atoms with E-state index in [-0.39, 0.29) is 51.4 Å². The summed E-state index contributed by atoms with van der Waals surface area (Å²) >= 11 is 0. The molecule has 0 unspecified atom stereocenters. The zero-order chi connectivity index (χ0) is 5.98. The van der Waals surface area contributed by atoms with Gasteiger partial charge in [-0.1, -0.05) is 12.3 Å². The van der Waals surface area contributed by atoms with Crippen LogP contribution in [-0.4, -0.2) is 10.1 Å². The molecule has 0 aliphatic heterocycles. The van der Waals surface area contributed by atoms with Crippen LogP contribution in [0.3, 0.4) is 0 Å². The third-order valence-electron chi connectivity index (χ3n) is 0.694. The van der Waals surface area contributed by atoms with Crippen LogP contribution in [0, 0.1) is 13.6 Å². The predicted molar refractivity (Wildman–Crippen MR) is 34.0 cm³/mol. The summed E-state index contributed by atoms with van der Waals surface area (Å²) in [5, 5.41) is 8.56. The Morgan fingerprint density at radius 3 is 2.50 bits per heavy atom. The molecular formula is C6H7NO2Y-2. The Hall–Kier alpha value is -0.146. The predicted octanol–water partition coefficient (Wildman–Crippen LogP) is 0.328. The minimum absolute atomic E-state index is 0. The van der Waals surface area contributed by atoms with Crippen molar-refractivity contribution in [3.63, 3.8) is 0 Å². The van der Waals surface area contributed by atoms with E-state index >= 15 is 0 Å². The first-order valence-corrected chi connectivity index (χ1v) is 2.08. The summed E-state index contributed by atoms with van der Waals surface area (Å²) in [5.41, 5.74) is -0.343. The zero-order valence-electron chi connectivity index (χ0n) is 5.59. The van der Waals surface area contributed by atoms with Crippen molar-refractivity contribution in [2.45, 2.75) is 0 Å². The van der Waals surface area contributed by atoms with Gasteiger partial charge in [0.05, 0.1) is 0 Å². The number of aromatic nitrogens is 1. The van der Waals surface area contributed by atoms with E-state index in [2.05, 4.69) is 11.2 Å². The molecule has 4 heteroatoms. The maximum atomic E-state index is 10.2. The summed E-state index contributed by atoms with van der Waals surface area (Å²) in [5.74, 6) is -0.0613. The van der Waals surface area contributed by atoms with Crippen LogP contribution in [0.1, 0.15) is 0 Å². The first kappa shape index (κ1) is 12.5. The number of H-pyrrole nitrogens is 1. The summed E-state index contributed by atoms with van der Waals surface area (Å²) in [6.45, 7) is 0. The van der Waals surface area contributed by atoms with E-state index in [0.717, 1.165) is 6.07 Å². The van der Waals surface area contributed by atoms with E-state index in [1.54, 1.807) is 0 Å². The second-order valence-electron chi connectivity index (χ2n) is 1.35. The van der Waals surface area contributed by atoms with Crippen molar-refractivity contribution in [2.24, 2.45) is 0 Å². The van der Waals surface area contributed by atoms with Gasteiger partial charge in [0, 0.05) is 38.5 Å². The molecular weight excluding hydrogens is 207 g/mol. The first-order valence-electron chi connectivity index (χ1n) is 2.08. The van der Waals surface area contributed by atoms with Gasteiger partial charge in [-0.05, 0) is 0 Å². The number of hydrogen-bond acceptors (Lipinski definition) is 2. The fourth-order valence-corrected chi connectivity index (χ4v) is 0.393. The van der Waals surface area contributed by atoms with E-state index in [1.165, 1.54) is 6.07 Å². The number of pyridine rings is 1. The van der Waals surface area contributed by atoms with Crippen molar-refractivity contribution in [2.75, 3.05) is 0 Å². The van der Waals surface area contributed by atoms with Crippen molar-refractivity contribution in [3.05, 3.63) is 36.1 Å². The third kappa shape index (κ3) is 3.80. The molecule has 1 aromatic heterocycles. The second kappa shape index (κ2) is 5.62. The van der Waals surface area contributed by atoms with Gasteiger partial charge in [0.25, 0.3) is 0 Å². The Morgan fingerprint density at radius 1 is 1.60 bits per heavy atom. The van der Waals surface area contributed by atoms with Gasteiger partial charge in [-0.15, -0.1) is 6.07 Å². The minimum Gasteiger partial charge on any atom is -0.565 e. The van der Waals surface area contributed by atoms with Crippen LogP contribution < -0.4 is 5.56 Å². The minimum atomic E-state index is -0.343. The molecule has 0 atom stereocenters. The van der Waals surface area contributed by atoms with Gasteiger partial charge in [-0.25, -0.2) is 0 Å². The number of aromatic hydroxyl groups is 1. The summed E-state index contributed by atoms with van der Waals surface area (Å²) in [6, 6.07) is 2.36. The standard InChI is InChI=1S/C5H4NO2.CH3.Y/c7-4-1-2-6-5(8)3-4;;/h1,3H,(H2,6,7,8);1H3;/q2*-1;. The maximum Gasteiger partial charge on any atom is 0.136 e. The van der Waals surface area contributed by atoms with Crippen LogP contribution in [0.15, 0.2) is 16.9 Å². The molecule has 10 heavy (non-hydrogen) atoms. The average molecular weight is 214 g/mol. The summed E-state index contributed by atoms with van der Waals surface area (Å²) in [7, 11) is 0. The molecule has 0 amide bonds. The summed E-state index contributed by atoms with van der Waals surface area (Å²) in [4.78, 5) is 12.5. The Bertz CT molecular complexity index is 233. The van der Waals surface area contributed by atoms with Crippen molar-refractivity contribution in [3.8, 4) is 5.75 Å². The number of aromatic amines is 1. The van der Waals surface area contributed by atoms with Crippen LogP contribution in [0.5, 0.6) is 5.75 Å². The van der Waals surface area contributed by atoms with Gasteiger partial charge in [-0.3, -0.25) is 0 Å². The van der Waals surface area contributed by atoms with Gasteiger partial charge in [0.2, 0.25) is 0 Å². The SMILES string of the molecule is O=c1cc(O)c[c-][nH]1.[CH3-].[Y]. The zero-order valence-corrected chi connectivity index (χ0v) is 8.43. The summed E-state index contributed by atoms with van der Waals surface area (Å²) < 4.78 is 0. The Labute approximate surface area is 84.4 Å². The smallest absolute Gasteiger partial charge is 0.136 e. The van der Waals surface area contributed by atoms with Crippen molar-refractivity contribution < 1.29 is 37.8 Å². The number of nitrogens with one attached hydrogen (secondary N) is 1. The van der Waals surface area contributed by atoms with E-state index in [9.17, 15) is 4.79 Å². The topological polar surface area (TPSA) is 53.1 Å². The fourth-order valence-electron chi connectivity index (χ4n) is 0.393. The van der Waals surface area contributed by atoms with Gasteiger partial charge in [0.1, 0.15) is 5.56 Å². The molecule has 0 bridgehead atoms. The molecule has 1 radical (unpaired) electrons. The monoisotopic (exact) mass is 214 g/mol. The van der Waals surface area contributed by atoms with Gasteiger partial charge in [0.15, 0.2) is 0 Å². The first-order chi connectivity index (χ1) is 3.79. The van der Waals surface area contributed by atoms with E-state index in [4.69, 9.17) is 5.11 Å². The van der Waals surface area contributed by atoms with Gasteiger partial charge < -0.3 is 22.3 Å². The second-order valence-corrected chi connectivity index (χ2v) is 1.35. The van der Waals surface area contributed by atoms with Crippen LogP contribution in [-0.2, 0) is 32.7 Å². The maximum absolute atomic E-state index is 10.2. The molecule has 0 aromatic carbocycles. The molecule has 1 aromatic rings. The van der Waals surface area contributed by atoms with E-state index < -0.39 is 0 Å². The molecule has 3 nitrogen and oxygen atoms in total. The largest absolute Gasteiger partial charge is 0.565 e. The Morgan fingerprint density at radius 2 is 2.20 bits per heavy atom. The van der Waals surface area contributed by atoms with Crippen LogP contribution in [0.4, 0.5) is 0 Å². The van der Waals surface area contributed by atoms with Crippen molar-refractivity contribution in [1.82, 2.24) is 4.98 Å². The average Bonchev–Trinajstić information content (AvgIpc) is 1.64. The summed E-state index contributed by atoms with van der Waals surface area (Å²) in [6.07, 6.45) is 2.34. The van der Waals surface area contributed by atoms with E-state index in [0.29, 0.717) is 0 Å². The fraction of sp³-hybridized carbons (Fsp3) is 0. The van der Waals surface area contributed by atoms with Crippen LogP contribution >= 0.6 is 0 Å². The van der Waals surface area contributed by atoms with Crippen molar-refractivity contribution in [1.29, 1.82) is 0 Å². The molecule has 0 fully saturated rings. The molecule has 1 heterocycles. The third-order valence-corrected chi connectivity index (χ3v) is 0.694. The molecule has 2 N–H and O–H groups in total. The van der Waals surface area contributed by atoms with E-state index in [1.807, 2.05) is 0 Å². The molecule has 0 aliphatic rings. The quantitative estimate of drug-likeness (QED) is 0.611. The van der Waals surface area contributed by atoms with Crippen molar-refractivity contribution >= 4 is 0 Å².